The fourth-order valence-corrected chi connectivity index (χ4v) is 2.57. The van der Waals surface area contributed by atoms with Crippen molar-refractivity contribution in [3.8, 4) is 11.8 Å². The maximum absolute atomic E-state index is 13.1. The van der Waals surface area contributed by atoms with Gasteiger partial charge in [0, 0.05) is 26.2 Å². The number of aromatic nitrogens is 4. The van der Waals surface area contributed by atoms with Gasteiger partial charge in [0.05, 0.1) is 29.4 Å². The van der Waals surface area contributed by atoms with Crippen molar-refractivity contribution in [2.75, 3.05) is 26.2 Å². The van der Waals surface area contributed by atoms with Crippen LogP contribution in [0.25, 0.3) is 5.69 Å². The molecule has 1 aromatic carbocycles. The highest BCUT2D eigenvalue weighted by Crippen LogP contribution is 2.33. The number of hydrogen-bond acceptors (Lipinski definition) is 6. The molecule has 1 fully saturated rings. The molecule has 0 atom stereocenters. The number of halogens is 3. The van der Waals surface area contributed by atoms with E-state index >= 15 is 0 Å². The summed E-state index contributed by atoms with van der Waals surface area (Å²) in [5.74, 6) is 0.453. The SMILES string of the molecule is N#Cc1ccc(-n2nnnc2CN2CCNCC2)cc1C(F)(F)F. The normalized spacial score (nSPS) is 16.1. The molecule has 0 spiro atoms. The van der Waals surface area contributed by atoms with Crippen LogP contribution >= 0.6 is 0 Å². The first-order valence-electron chi connectivity index (χ1n) is 7.31. The fourth-order valence-electron chi connectivity index (χ4n) is 2.57. The number of benzene rings is 1. The number of alkyl halides is 3. The van der Waals surface area contributed by atoms with Crippen LogP contribution in [0.1, 0.15) is 17.0 Å². The maximum Gasteiger partial charge on any atom is 0.417 e. The Bertz CT molecular complexity index is 756. The van der Waals surface area contributed by atoms with Crippen LogP contribution in [-0.4, -0.2) is 51.3 Å². The molecule has 0 bridgehead atoms. The average Bonchev–Trinajstić information content (AvgIpc) is 3.02. The molecule has 126 valence electrons. The molecule has 7 nitrogen and oxygen atoms in total. The van der Waals surface area contributed by atoms with Gasteiger partial charge in [0.25, 0.3) is 0 Å². The molecule has 10 heteroatoms. The molecule has 1 saturated heterocycles. The minimum absolute atomic E-state index is 0.177. The maximum atomic E-state index is 13.1. The van der Waals surface area contributed by atoms with Crippen LogP contribution in [0.15, 0.2) is 18.2 Å². The van der Waals surface area contributed by atoms with Crippen molar-refractivity contribution in [1.82, 2.24) is 30.4 Å². The van der Waals surface area contributed by atoms with Gasteiger partial charge in [-0.25, -0.2) is 0 Å². The zero-order valence-electron chi connectivity index (χ0n) is 12.6. The topological polar surface area (TPSA) is 82.7 Å². The second kappa shape index (κ2) is 6.54. The number of nitriles is 1. The van der Waals surface area contributed by atoms with E-state index in [9.17, 15) is 13.2 Å². The highest BCUT2D eigenvalue weighted by atomic mass is 19.4. The summed E-state index contributed by atoms with van der Waals surface area (Å²) in [5.41, 5.74) is -1.24. The van der Waals surface area contributed by atoms with Crippen LogP contribution in [-0.2, 0) is 12.7 Å². The summed E-state index contributed by atoms with van der Waals surface area (Å²) in [6.07, 6.45) is -4.62. The number of rotatable bonds is 3. The first-order valence-corrected chi connectivity index (χ1v) is 7.31. The van der Waals surface area contributed by atoms with Crippen molar-refractivity contribution < 1.29 is 13.2 Å². The molecular formula is C14H14F3N7. The summed E-state index contributed by atoms with van der Waals surface area (Å²) < 4.78 is 40.6. The van der Waals surface area contributed by atoms with Crippen LogP contribution in [0, 0.1) is 11.3 Å². The van der Waals surface area contributed by atoms with E-state index in [0.29, 0.717) is 12.4 Å². The fraction of sp³-hybridized carbons (Fsp3) is 0.429. The molecule has 2 aromatic rings. The third kappa shape index (κ3) is 3.37. The molecule has 24 heavy (non-hydrogen) atoms. The molecule has 1 aromatic heterocycles. The van der Waals surface area contributed by atoms with Crippen LogP contribution in [0.4, 0.5) is 13.2 Å². The first-order chi connectivity index (χ1) is 11.5. The van der Waals surface area contributed by atoms with Gasteiger partial charge in [-0.1, -0.05) is 0 Å². The van der Waals surface area contributed by atoms with E-state index in [1.165, 1.54) is 10.7 Å². The molecule has 0 radical (unpaired) electrons. The van der Waals surface area contributed by atoms with Crippen LogP contribution < -0.4 is 5.32 Å². The van der Waals surface area contributed by atoms with Crippen molar-refractivity contribution in [1.29, 1.82) is 5.26 Å². The number of nitrogens with one attached hydrogen (secondary N) is 1. The van der Waals surface area contributed by atoms with E-state index in [1.807, 2.05) is 0 Å². The van der Waals surface area contributed by atoms with Crippen molar-refractivity contribution in [2.45, 2.75) is 12.7 Å². The van der Waals surface area contributed by atoms with E-state index in [4.69, 9.17) is 5.26 Å². The van der Waals surface area contributed by atoms with Gasteiger partial charge in [-0.3, -0.25) is 4.90 Å². The van der Waals surface area contributed by atoms with Crippen LogP contribution in [0.3, 0.4) is 0 Å². The van der Waals surface area contributed by atoms with Gasteiger partial charge in [-0.15, -0.1) is 5.10 Å². The van der Waals surface area contributed by atoms with Crippen molar-refractivity contribution >= 4 is 0 Å². The molecule has 1 N–H and O–H groups in total. The van der Waals surface area contributed by atoms with Gasteiger partial charge >= 0.3 is 6.18 Å². The van der Waals surface area contributed by atoms with E-state index in [-0.39, 0.29) is 5.69 Å². The average molecular weight is 337 g/mol. The minimum atomic E-state index is -4.62. The summed E-state index contributed by atoms with van der Waals surface area (Å²) in [4.78, 5) is 2.12. The van der Waals surface area contributed by atoms with Crippen molar-refractivity contribution in [2.24, 2.45) is 0 Å². The van der Waals surface area contributed by atoms with Gasteiger partial charge in [0.2, 0.25) is 0 Å². The smallest absolute Gasteiger partial charge is 0.314 e. The van der Waals surface area contributed by atoms with Gasteiger partial charge in [0.1, 0.15) is 0 Å². The Morgan fingerprint density at radius 1 is 1.25 bits per heavy atom. The van der Waals surface area contributed by atoms with Gasteiger partial charge < -0.3 is 5.32 Å². The Kier molecular flexibility index (Phi) is 4.46. The standard InChI is InChI=1S/C14H14F3N7/c15-14(16,17)12-7-11(2-1-10(12)8-18)24-13(20-21-22-24)9-23-5-3-19-4-6-23/h1-2,7,19H,3-6,9H2. The van der Waals surface area contributed by atoms with Gasteiger partial charge in [-0.05, 0) is 28.6 Å². The Labute approximate surface area is 135 Å². The first kappa shape index (κ1) is 16.4. The van der Waals surface area contributed by atoms with E-state index in [2.05, 4.69) is 25.7 Å². The summed E-state index contributed by atoms with van der Waals surface area (Å²) in [5, 5.41) is 23.4. The highest BCUT2D eigenvalue weighted by molar-refractivity contribution is 5.47. The Hall–Kier alpha value is -2.51. The van der Waals surface area contributed by atoms with Gasteiger partial charge in [0.15, 0.2) is 5.82 Å². The summed E-state index contributed by atoms with van der Waals surface area (Å²) >= 11 is 0. The minimum Gasteiger partial charge on any atom is -0.314 e. The Morgan fingerprint density at radius 3 is 2.67 bits per heavy atom. The number of hydrogen-bond donors (Lipinski definition) is 1. The molecule has 0 unspecified atom stereocenters. The molecule has 1 aliphatic rings. The lowest BCUT2D eigenvalue weighted by Gasteiger charge is -2.26. The van der Waals surface area contributed by atoms with Crippen molar-refractivity contribution in [3.05, 3.63) is 35.2 Å². The third-order valence-electron chi connectivity index (χ3n) is 3.78. The lowest BCUT2D eigenvalue weighted by molar-refractivity contribution is -0.137. The molecule has 2 heterocycles. The lowest BCUT2D eigenvalue weighted by atomic mass is 10.1. The molecule has 0 aliphatic carbocycles. The summed E-state index contributed by atoms with van der Waals surface area (Å²) in [7, 11) is 0. The van der Waals surface area contributed by atoms with Crippen LogP contribution in [0.5, 0.6) is 0 Å². The Balaban J connectivity index is 1.93. The number of piperazine rings is 1. The largest absolute Gasteiger partial charge is 0.417 e. The molecular weight excluding hydrogens is 323 g/mol. The monoisotopic (exact) mass is 337 g/mol. The highest BCUT2D eigenvalue weighted by Gasteiger charge is 2.34. The van der Waals surface area contributed by atoms with Gasteiger partial charge in [-0.2, -0.15) is 23.1 Å². The summed E-state index contributed by atoms with van der Waals surface area (Å²) in [6, 6.07) is 5.00. The second-order valence-corrected chi connectivity index (χ2v) is 5.37. The molecule has 0 amide bonds. The zero-order chi connectivity index (χ0) is 17.2. The predicted octanol–water partition coefficient (Wildman–Crippen LogP) is 0.958. The van der Waals surface area contributed by atoms with Crippen LogP contribution in [0.2, 0.25) is 0 Å². The number of tetrazole rings is 1. The molecule has 0 saturated carbocycles. The zero-order valence-corrected chi connectivity index (χ0v) is 12.6. The third-order valence-corrected chi connectivity index (χ3v) is 3.78. The lowest BCUT2D eigenvalue weighted by Crippen LogP contribution is -2.43. The van der Waals surface area contributed by atoms with Crippen molar-refractivity contribution in [3.63, 3.8) is 0 Å². The van der Waals surface area contributed by atoms with E-state index in [0.717, 1.165) is 38.3 Å². The Morgan fingerprint density at radius 2 is 2.00 bits per heavy atom. The van der Waals surface area contributed by atoms with E-state index < -0.39 is 17.3 Å². The van der Waals surface area contributed by atoms with E-state index in [1.54, 1.807) is 6.07 Å². The predicted molar refractivity (Wildman–Crippen MR) is 77.0 cm³/mol. The second-order valence-electron chi connectivity index (χ2n) is 5.37. The summed E-state index contributed by atoms with van der Waals surface area (Å²) in [6.45, 7) is 3.76. The molecule has 1 aliphatic heterocycles. The number of nitrogens with zero attached hydrogens (tertiary/aromatic N) is 6. The molecule has 3 rings (SSSR count). The quantitative estimate of drug-likeness (QED) is 0.898.